The minimum Gasteiger partial charge on any atom is -0.413 e. The molecular weight excluding hydrogens is 685 g/mol. The third-order valence-electron chi connectivity index (χ3n) is 15.4. The average molecular weight is 767 g/mol. The lowest BCUT2D eigenvalue weighted by Crippen LogP contribution is -2.49. The van der Waals surface area contributed by atoms with Gasteiger partial charge in [0.2, 0.25) is 0 Å². The number of aliphatic hydroxyl groups excluding tert-OH is 1. The first-order valence-corrected chi connectivity index (χ1v) is 27.6. The Morgan fingerprint density at radius 3 is 2.21 bits per heavy atom. The number of hydrogen-bond donors (Lipinski definition) is 1. The topological polar surface area (TPSA) is 55.8 Å². The lowest BCUT2D eigenvalue weighted by atomic mass is 9.60. The molecule has 4 rings (SSSR count). The molecule has 0 saturated heterocycles. The molecule has 0 radical (unpaired) electrons. The number of allylic oxidation sites excluding steroid dienone is 5. The maximum Gasteiger partial charge on any atom is 0.192 e. The second kappa shape index (κ2) is 17.2. The first kappa shape index (κ1) is 44.7. The Hall–Kier alpha value is -1.06. The molecule has 53 heavy (non-hydrogen) atoms. The van der Waals surface area contributed by atoms with Crippen molar-refractivity contribution in [3.63, 3.8) is 0 Å². The molecule has 4 fully saturated rings. The molecule has 0 heterocycles. The highest BCUT2D eigenvalue weighted by Gasteiger charge is 2.53. The highest BCUT2D eigenvalue weighted by molar-refractivity contribution is 6.74. The first-order chi connectivity index (χ1) is 24.5. The molecule has 6 heteroatoms. The van der Waals surface area contributed by atoms with E-state index in [4.69, 9.17) is 15.4 Å². The quantitative estimate of drug-likeness (QED) is 0.0965. The Kier molecular flexibility index (Phi) is 14.5. The van der Waals surface area contributed by atoms with Crippen molar-refractivity contribution in [2.45, 2.75) is 213 Å². The van der Waals surface area contributed by atoms with E-state index >= 15 is 0 Å². The fourth-order valence-corrected chi connectivity index (χ4v) is 12.1. The predicted octanol–water partition coefficient (Wildman–Crippen LogP) is 13.4. The molecule has 4 aliphatic rings. The van der Waals surface area contributed by atoms with E-state index in [0.29, 0.717) is 18.3 Å². The monoisotopic (exact) mass is 767 g/mol. The van der Waals surface area contributed by atoms with Crippen molar-refractivity contribution in [3.05, 3.63) is 47.6 Å². The lowest BCUT2D eigenvalue weighted by Gasteiger charge is -2.46. The number of aliphatic hydroxyl groups is 1. The highest BCUT2D eigenvalue weighted by Crippen LogP contribution is 2.60. The lowest BCUT2D eigenvalue weighted by molar-refractivity contribution is -0.126. The summed E-state index contributed by atoms with van der Waals surface area (Å²) in [7, 11) is -3.99. The zero-order valence-corrected chi connectivity index (χ0v) is 38.8. The maximum atomic E-state index is 13.5. The molecule has 0 spiro atoms. The number of fused-ring (bicyclic) bond motifs is 1. The number of ketones is 1. The summed E-state index contributed by atoms with van der Waals surface area (Å²) in [6.45, 7) is 35.1. The molecule has 4 nitrogen and oxygen atoms in total. The number of rotatable bonds is 16. The van der Waals surface area contributed by atoms with Crippen LogP contribution in [0.4, 0.5) is 0 Å². The maximum absolute atomic E-state index is 13.5. The van der Waals surface area contributed by atoms with E-state index < -0.39 is 22.7 Å². The van der Waals surface area contributed by atoms with Gasteiger partial charge in [-0.05, 0) is 135 Å². The number of carbonyl (C=O) groups excluding carboxylic acids is 1. The van der Waals surface area contributed by atoms with Crippen LogP contribution in [0.5, 0.6) is 0 Å². The Bertz CT molecular complexity index is 1370. The summed E-state index contributed by atoms with van der Waals surface area (Å²) in [5.74, 6) is 1.31. The Morgan fingerprint density at radius 1 is 0.962 bits per heavy atom. The van der Waals surface area contributed by atoms with Gasteiger partial charge in [-0.15, -0.1) is 0 Å². The molecule has 0 bridgehead atoms. The molecule has 1 N–H and O–H groups in total. The predicted molar refractivity (Wildman–Crippen MR) is 231 cm³/mol. The van der Waals surface area contributed by atoms with Crippen LogP contribution in [0.3, 0.4) is 0 Å². The van der Waals surface area contributed by atoms with Crippen molar-refractivity contribution in [1.29, 1.82) is 0 Å². The van der Waals surface area contributed by atoms with Gasteiger partial charge in [-0.2, -0.15) is 0 Å². The van der Waals surface area contributed by atoms with Crippen molar-refractivity contribution in [3.8, 4) is 0 Å². The van der Waals surface area contributed by atoms with Gasteiger partial charge in [-0.25, -0.2) is 0 Å². The summed E-state index contributed by atoms with van der Waals surface area (Å²) in [5, 5.41) is 11.9. The van der Waals surface area contributed by atoms with Crippen LogP contribution in [-0.2, 0) is 13.6 Å². The third kappa shape index (κ3) is 10.5. The van der Waals surface area contributed by atoms with Crippen molar-refractivity contribution in [2.75, 3.05) is 0 Å². The average Bonchev–Trinajstić information content (AvgIpc) is 3.75. The van der Waals surface area contributed by atoms with Crippen LogP contribution in [0, 0.1) is 28.6 Å². The van der Waals surface area contributed by atoms with E-state index in [2.05, 4.69) is 113 Å². The standard InChI is InChI=1S/C47H82O4Si2/c1-15-16-17-18-19-20-28-47(29-30-47)43(49)33-41(48)35(3)39-25-26-40-36(22-21-27-46(39,40)10)23-24-37-31-38(50-52(11,12)44(4,5)6)32-42(34(37)2)51-53(13,14)45(7,8)9/h20,23-24,28,35,38-42,48H,2,15-19,21-22,25-27,29-33H2,1,3-14H3/t35-,38+,39+,40-,41?,42-,46+/m0/s1. The Morgan fingerprint density at radius 2 is 1.60 bits per heavy atom. The molecule has 4 saturated carbocycles. The smallest absolute Gasteiger partial charge is 0.192 e. The first-order valence-electron chi connectivity index (χ1n) is 21.8. The van der Waals surface area contributed by atoms with Crippen LogP contribution < -0.4 is 0 Å². The number of unbranched alkanes of at least 4 members (excludes halogenated alkanes) is 4. The number of Topliss-reactive ketones (excluding diaryl/α,β-unsaturated/α-hetero) is 1. The zero-order valence-electron chi connectivity index (χ0n) is 36.8. The second-order valence-corrected chi connectivity index (χ2v) is 30.8. The summed E-state index contributed by atoms with van der Waals surface area (Å²) >= 11 is 0. The van der Waals surface area contributed by atoms with Gasteiger partial charge in [0.25, 0.3) is 0 Å². The van der Waals surface area contributed by atoms with E-state index in [0.717, 1.165) is 50.5 Å². The van der Waals surface area contributed by atoms with E-state index in [-0.39, 0.29) is 44.8 Å². The van der Waals surface area contributed by atoms with Crippen LogP contribution in [0.1, 0.15) is 159 Å². The summed E-state index contributed by atoms with van der Waals surface area (Å²) in [6.07, 6.45) is 24.7. The van der Waals surface area contributed by atoms with Gasteiger partial charge in [-0.1, -0.05) is 118 Å². The van der Waals surface area contributed by atoms with Crippen molar-refractivity contribution >= 4 is 22.4 Å². The summed E-state index contributed by atoms with van der Waals surface area (Å²) in [5.41, 5.74) is 3.85. The van der Waals surface area contributed by atoms with Crippen molar-refractivity contribution in [1.82, 2.24) is 0 Å². The van der Waals surface area contributed by atoms with Crippen LogP contribution in [0.15, 0.2) is 47.6 Å². The van der Waals surface area contributed by atoms with Crippen LogP contribution in [-0.4, -0.2) is 45.8 Å². The minimum atomic E-state index is -2.02. The fraction of sp³-hybridized carbons (Fsp3) is 0.809. The van der Waals surface area contributed by atoms with Gasteiger partial charge < -0.3 is 14.0 Å². The van der Waals surface area contributed by atoms with Crippen LogP contribution >= 0.6 is 0 Å². The summed E-state index contributed by atoms with van der Waals surface area (Å²) < 4.78 is 14.2. The van der Waals surface area contributed by atoms with Gasteiger partial charge >= 0.3 is 0 Å². The molecule has 0 aromatic carbocycles. The van der Waals surface area contributed by atoms with Crippen LogP contribution in [0.25, 0.3) is 0 Å². The van der Waals surface area contributed by atoms with Crippen molar-refractivity contribution < 1.29 is 18.8 Å². The molecule has 0 aromatic rings. The third-order valence-corrected chi connectivity index (χ3v) is 24.4. The molecule has 7 atom stereocenters. The van der Waals surface area contributed by atoms with Gasteiger partial charge in [0.05, 0.1) is 18.3 Å². The molecule has 0 amide bonds. The van der Waals surface area contributed by atoms with Gasteiger partial charge in [-0.3, -0.25) is 4.79 Å². The molecule has 0 aromatic heterocycles. The second-order valence-electron chi connectivity index (χ2n) is 21.3. The van der Waals surface area contributed by atoms with E-state index in [1.807, 2.05) is 0 Å². The fourth-order valence-electron chi connectivity index (χ4n) is 9.43. The normalized spacial score (nSPS) is 30.9. The number of hydrogen-bond acceptors (Lipinski definition) is 4. The molecule has 0 aliphatic heterocycles. The Labute approximate surface area is 329 Å². The van der Waals surface area contributed by atoms with Crippen LogP contribution in [0.2, 0.25) is 36.3 Å². The van der Waals surface area contributed by atoms with Gasteiger partial charge in [0.1, 0.15) is 5.78 Å². The van der Waals surface area contributed by atoms with E-state index in [1.165, 1.54) is 50.5 Å². The number of carbonyl (C=O) groups is 1. The van der Waals surface area contributed by atoms with Gasteiger partial charge in [0.15, 0.2) is 16.6 Å². The van der Waals surface area contributed by atoms with Crippen molar-refractivity contribution in [2.24, 2.45) is 28.6 Å². The highest BCUT2D eigenvalue weighted by atomic mass is 28.4. The molecular formula is C47H82O4Si2. The zero-order chi connectivity index (χ0) is 39.6. The molecule has 1 unspecified atom stereocenters. The minimum absolute atomic E-state index is 0.0161. The van der Waals surface area contributed by atoms with E-state index in [9.17, 15) is 9.90 Å². The largest absolute Gasteiger partial charge is 0.413 e. The summed E-state index contributed by atoms with van der Waals surface area (Å²) in [6, 6.07) is 0. The molecule has 4 aliphatic carbocycles. The Balaban J connectivity index is 1.49. The van der Waals surface area contributed by atoms with E-state index in [1.54, 1.807) is 5.57 Å². The summed E-state index contributed by atoms with van der Waals surface area (Å²) in [4.78, 5) is 13.5. The SMILES string of the molecule is C=C1C(=CC=C2CCC[C@]3(C)[C@@H]([C@H](C)C(O)CC(=O)C4(C=CCCCCCC)CC4)CC[C@@H]23)C[C@@H](O[Si](C)(C)C(C)(C)C)C[C@@H]1O[Si](C)(C)C(C)(C)C. The van der Waals surface area contributed by atoms with Gasteiger partial charge in [0, 0.05) is 18.3 Å². The molecule has 302 valence electrons.